The van der Waals surface area contributed by atoms with Crippen LogP contribution < -0.4 is 0 Å². The Morgan fingerprint density at radius 3 is 1.47 bits per heavy atom. The normalized spacial score (nSPS) is 11.1. The predicted molar refractivity (Wildman–Crippen MR) is 117 cm³/mol. The molecule has 4 rings (SSSR count). The van der Waals surface area contributed by atoms with E-state index >= 15 is 0 Å². The van der Waals surface area contributed by atoms with E-state index in [2.05, 4.69) is 0 Å². The van der Waals surface area contributed by atoms with Crippen molar-refractivity contribution in [3.63, 3.8) is 0 Å². The van der Waals surface area contributed by atoms with Gasteiger partial charge in [-0.3, -0.25) is 0 Å². The molecule has 0 atom stereocenters. The first-order valence-electron chi connectivity index (χ1n) is 10.3. The van der Waals surface area contributed by atoms with Crippen molar-refractivity contribution < 1.29 is 28.5 Å². The summed E-state index contributed by atoms with van der Waals surface area (Å²) in [4.78, 5) is 24.4. The highest BCUT2D eigenvalue weighted by atomic mass is 16.6. The molecule has 166 valence electrons. The van der Waals surface area contributed by atoms with Crippen LogP contribution in [0.25, 0.3) is 11.0 Å². The monoisotopic (exact) mass is 436 g/mol. The van der Waals surface area contributed by atoms with Crippen LogP contribution in [-0.4, -0.2) is 60.4 Å². The van der Waals surface area contributed by atoms with Crippen LogP contribution in [0, 0.1) is 0 Å². The fourth-order valence-electron chi connectivity index (χ4n) is 3.32. The molecule has 8 heteroatoms. The average Bonchev–Trinajstić information content (AvgIpc) is 3.44. The lowest BCUT2D eigenvalue weighted by molar-refractivity contribution is 0.00240. The molecule has 32 heavy (non-hydrogen) atoms. The Balaban J connectivity index is 1.05. The van der Waals surface area contributed by atoms with Gasteiger partial charge >= 0.3 is 11.9 Å². The van der Waals surface area contributed by atoms with E-state index in [4.69, 9.17) is 18.9 Å². The van der Waals surface area contributed by atoms with Gasteiger partial charge in [-0.1, -0.05) is 12.1 Å². The number of esters is 2. The maximum Gasteiger partial charge on any atom is 0.340 e. The molecule has 4 heterocycles. The minimum absolute atomic E-state index is 0.159. The predicted octanol–water partition coefficient (Wildman–Crippen LogP) is 3.24. The summed E-state index contributed by atoms with van der Waals surface area (Å²) in [5.41, 5.74) is 2.66. The summed E-state index contributed by atoms with van der Waals surface area (Å²) in [5, 5.41) is 0. The van der Waals surface area contributed by atoms with Crippen molar-refractivity contribution in [1.29, 1.82) is 0 Å². The summed E-state index contributed by atoms with van der Waals surface area (Å²) < 4.78 is 25.0. The van der Waals surface area contributed by atoms with Crippen LogP contribution in [0.2, 0.25) is 0 Å². The number of fused-ring (bicyclic) bond motifs is 2. The smallest absolute Gasteiger partial charge is 0.340 e. The zero-order valence-corrected chi connectivity index (χ0v) is 17.5. The van der Waals surface area contributed by atoms with Gasteiger partial charge in [-0.2, -0.15) is 0 Å². The van der Waals surface area contributed by atoms with Crippen molar-refractivity contribution in [2.75, 3.05) is 39.6 Å². The van der Waals surface area contributed by atoms with Gasteiger partial charge in [0.05, 0.1) is 48.6 Å². The van der Waals surface area contributed by atoms with Crippen molar-refractivity contribution in [2.45, 2.75) is 0 Å². The lowest BCUT2D eigenvalue weighted by atomic mass is 10.2. The van der Waals surface area contributed by atoms with Gasteiger partial charge in [0.2, 0.25) is 0 Å². The van der Waals surface area contributed by atoms with Crippen LogP contribution in [0.1, 0.15) is 20.7 Å². The number of rotatable bonds is 11. The van der Waals surface area contributed by atoms with Gasteiger partial charge in [0, 0.05) is 24.8 Å². The third kappa shape index (κ3) is 5.16. The maximum atomic E-state index is 12.2. The Bertz CT molecular complexity index is 1100. The first-order valence-corrected chi connectivity index (χ1v) is 10.3. The molecule has 0 saturated heterocycles. The summed E-state index contributed by atoms with van der Waals surface area (Å²) in [6.45, 7) is 1.57. The highest BCUT2D eigenvalue weighted by Gasteiger charge is 2.13. The third-order valence-electron chi connectivity index (χ3n) is 4.87. The molecule has 4 aromatic heterocycles. The van der Waals surface area contributed by atoms with Crippen molar-refractivity contribution >= 4 is 23.0 Å². The van der Waals surface area contributed by atoms with Gasteiger partial charge in [-0.05, 0) is 36.4 Å². The van der Waals surface area contributed by atoms with Crippen molar-refractivity contribution in [3.05, 3.63) is 84.4 Å². The number of hydrogen-bond donors (Lipinski definition) is 0. The second-order valence-electron chi connectivity index (χ2n) is 6.94. The van der Waals surface area contributed by atoms with E-state index in [1.807, 2.05) is 70.0 Å². The van der Waals surface area contributed by atoms with Crippen molar-refractivity contribution in [2.24, 2.45) is 0 Å². The standard InChI is InChI=1S/C24H24N2O6/c27-23(19-7-11-25-9-3-1-5-21(19)25)31-17-15-29-13-14-30-16-18-32-24(28)20-8-12-26-10-4-2-6-22(20)26/h1-12H,13-18H2. The molecule has 4 aromatic rings. The molecule has 0 aliphatic rings. The number of pyridine rings is 2. The molecule has 0 aromatic carbocycles. The Labute approximate surface area is 184 Å². The van der Waals surface area contributed by atoms with Crippen LogP contribution >= 0.6 is 0 Å². The lowest BCUT2D eigenvalue weighted by Gasteiger charge is -2.07. The van der Waals surface area contributed by atoms with Crippen LogP contribution in [0.3, 0.4) is 0 Å². The highest BCUT2D eigenvalue weighted by Crippen LogP contribution is 2.14. The molecular weight excluding hydrogens is 412 g/mol. The third-order valence-corrected chi connectivity index (χ3v) is 4.87. The summed E-state index contributed by atoms with van der Waals surface area (Å²) >= 11 is 0. The Morgan fingerprint density at radius 1 is 0.562 bits per heavy atom. The van der Waals surface area contributed by atoms with E-state index in [0.29, 0.717) is 24.3 Å². The molecule has 0 fully saturated rings. The minimum Gasteiger partial charge on any atom is -0.460 e. The molecule has 8 nitrogen and oxygen atoms in total. The average molecular weight is 436 g/mol. The second kappa shape index (κ2) is 10.6. The SMILES string of the molecule is O=C(OCCOCCOCCOC(=O)c1ccn2ccccc12)c1ccn2ccccc12. The van der Waals surface area contributed by atoms with Gasteiger partial charge in [-0.25, -0.2) is 9.59 Å². The molecule has 0 N–H and O–H groups in total. The first-order chi connectivity index (χ1) is 15.7. The summed E-state index contributed by atoms with van der Waals surface area (Å²) in [5.74, 6) is -0.757. The zero-order chi connectivity index (χ0) is 22.2. The molecular formula is C24H24N2O6. The second-order valence-corrected chi connectivity index (χ2v) is 6.94. The molecule has 0 amide bonds. The summed E-state index contributed by atoms with van der Waals surface area (Å²) in [6, 6.07) is 14.7. The Morgan fingerprint density at radius 2 is 1.00 bits per heavy atom. The van der Waals surface area contributed by atoms with Crippen LogP contribution in [0.4, 0.5) is 0 Å². The van der Waals surface area contributed by atoms with E-state index in [0.717, 1.165) is 11.0 Å². The van der Waals surface area contributed by atoms with E-state index in [1.54, 1.807) is 12.1 Å². The van der Waals surface area contributed by atoms with Crippen LogP contribution in [-0.2, 0) is 18.9 Å². The number of ether oxygens (including phenoxy) is 4. The number of nitrogens with zero attached hydrogens (tertiary/aromatic N) is 2. The van der Waals surface area contributed by atoms with Gasteiger partial charge in [0.1, 0.15) is 13.2 Å². The van der Waals surface area contributed by atoms with Crippen molar-refractivity contribution in [3.8, 4) is 0 Å². The van der Waals surface area contributed by atoms with Crippen LogP contribution in [0.15, 0.2) is 73.3 Å². The van der Waals surface area contributed by atoms with E-state index in [-0.39, 0.29) is 38.4 Å². The van der Waals surface area contributed by atoms with Crippen LogP contribution in [0.5, 0.6) is 0 Å². The summed E-state index contributed by atoms with van der Waals surface area (Å²) in [7, 11) is 0. The highest BCUT2D eigenvalue weighted by molar-refractivity contribution is 5.97. The molecule has 0 unspecified atom stereocenters. The summed E-state index contributed by atoms with van der Waals surface area (Å²) in [6.07, 6.45) is 7.38. The quantitative estimate of drug-likeness (QED) is 0.265. The van der Waals surface area contributed by atoms with Gasteiger partial charge in [0.15, 0.2) is 0 Å². The van der Waals surface area contributed by atoms with Gasteiger partial charge < -0.3 is 27.7 Å². The van der Waals surface area contributed by atoms with E-state index in [9.17, 15) is 9.59 Å². The van der Waals surface area contributed by atoms with Gasteiger partial charge in [0.25, 0.3) is 0 Å². The van der Waals surface area contributed by atoms with Crippen molar-refractivity contribution in [1.82, 2.24) is 8.80 Å². The Kier molecular flexibility index (Phi) is 7.16. The van der Waals surface area contributed by atoms with E-state index in [1.165, 1.54) is 0 Å². The number of carbonyl (C=O) groups excluding carboxylic acids is 2. The number of hydrogen-bond acceptors (Lipinski definition) is 6. The fourth-order valence-corrected chi connectivity index (χ4v) is 3.32. The number of carbonyl (C=O) groups is 2. The molecule has 0 saturated carbocycles. The maximum absolute atomic E-state index is 12.2. The molecule has 0 radical (unpaired) electrons. The van der Waals surface area contributed by atoms with E-state index < -0.39 is 0 Å². The largest absolute Gasteiger partial charge is 0.460 e. The lowest BCUT2D eigenvalue weighted by Crippen LogP contribution is -2.15. The zero-order valence-electron chi connectivity index (χ0n) is 17.5. The first kappa shape index (κ1) is 21.6. The Hall–Kier alpha value is -3.62. The molecule has 0 aliphatic carbocycles. The topological polar surface area (TPSA) is 79.9 Å². The molecule has 0 aliphatic heterocycles. The minimum atomic E-state index is -0.378. The fraction of sp³-hybridized carbons (Fsp3) is 0.250. The molecule has 0 bridgehead atoms. The van der Waals surface area contributed by atoms with Gasteiger partial charge in [-0.15, -0.1) is 0 Å². The molecule has 0 spiro atoms. The number of aromatic nitrogens is 2.